The average molecular weight is 421 g/mol. The monoisotopic (exact) mass is 421 g/mol. The minimum absolute atomic E-state index is 0.162. The first kappa shape index (κ1) is 19.7. The number of hydrogen-bond acceptors (Lipinski definition) is 8. The van der Waals surface area contributed by atoms with Gasteiger partial charge in [-0.05, 0) is 18.6 Å². The van der Waals surface area contributed by atoms with Gasteiger partial charge in [-0.15, -0.1) is 0 Å². The second-order valence-electron chi connectivity index (χ2n) is 7.96. The van der Waals surface area contributed by atoms with Crippen molar-refractivity contribution in [3.8, 4) is 22.5 Å². The minimum Gasteiger partial charge on any atom is -0.379 e. The molecule has 4 heterocycles. The fourth-order valence-electron chi connectivity index (χ4n) is 3.95. The van der Waals surface area contributed by atoms with Crippen molar-refractivity contribution < 1.29 is 19.2 Å². The van der Waals surface area contributed by atoms with Crippen molar-refractivity contribution in [2.75, 3.05) is 32.1 Å². The maximum atomic E-state index is 12.3. The molecule has 2 atom stereocenters. The van der Waals surface area contributed by atoms with Gasteiger partial charge in [-0.2, -0.15) is 0 Å². The zero-order valence-electron chi connectivity index (χ0n) is 17.1. The van der Waals surface area contributed by atoms with Gasteiger partial charge >= 0.3 is 0 Å². The van der Waals surface area contributed by atoms with Crippen LogP contribution in [0.4, 0.5) is 5.95 Å². The van der Waals surface area contributed by atoms with Crippen LogP contribution in [-0.4, -0.2) is 63.9 Å². The van der Waals surface area contributed by atoms with E-state index in [0.29, 0.717) is 24.8 Å². The van der Waals surface area contributed by atoms with Crippen LogP contribution in [0.25, 0.3) is 22.5 Å². The third kappa shape index (κ3) is 3.66. The number of nitrogens with zero attached hydrogens (tertiary/aromatic N) is 4. The van der Waals surface area contributed by atoms with Crippen LogP contribution in [0.2, 0.25) is 0 Å². The predicted molar refractivity (Wildman–Crippen MR) is 112 cm³/mol. The molecule has 1 amide bonds. The number of carbonyl (C=O) groups is 1. The first-order valence-electron chi connectivity index (χ1n) is 10.3. The van der Waals surface area contributed by atoms with Crippen molar-refractivity contribution in [3.63, 3.8) is 0 Å². The van der Waals surface area contributed by atoms with Crippen LogP contribution >= 0.6 is 0 Å². The highest BCUT2D eigenvalue weighted by molar-refractivity contribution is 5.87. The van der Waals surface area contributed by atoms with Gasteiger partial charge < -0.3 is 24.6 Å². The van der Waals surface area contributed by atoms with Gasteiger partial charge in [0.25, 0.3) is 5.91 Å². The molecule has 2 aromatic heterocycles. The number of likely N-dealkylation sites (N-methyl/N-ethyl adjacent to an activating group) is 1. The lowest BCUT2D eigenvalue weighted by atomic mass is 9.98. The summed E-state index contributed by atoms with van der Waals surface area (Å²) in [6.45, 7) is 1.87. The normalized spacial score (nSPS) is 23.5. The van der Waals surface area contributed by atoms with Crippen LogP contribution in [0.15, 0.2) is 47.1 Å². The van der Waals surface area contributed by atoms with E-state index in [1.54, 1.807) is 19.3 Å². The zero-order chi connectivity index (χ0) is 21.4. The molecule has 1 aromatic carbocycles. The summed E-state index contributed by atoms with van der Waals surface area (Å²) in [5.41, 5.74) is 1.35. The number of aromatic nitrogens is 3. The van der Waals surface area contributed by atoms with Gasteiger partial charge in [0.05, 0.1) is 18.3 Å². The van der Waals surface area contributed by atoms with E-state index in [2.05, 4.69) is 20.4 Å². The van der Waals surface area contributed by atoms with Crippen LogP contribution in [0.1, 0.15) is 18.6 Å². The van der Waals surface area contributed by atoms with E-state index in [4.69, 9.17) is 9.26 Å². The third-order valence-corrected chi connectivity index (χ3v) is 5.80. The summed E-state index contributed by atoms with van der Waals surface area (Å²) in [6, 6.07) is 11.4. The Morgan fingerprint density at radius 2 is 2.06 bits per heavy atom. The standard InChI is InChI=1S/C22H23N5O4/c1-27-9-7-22(29,20(27)28)19-12-18(26-31-19)15-4-2-3-14(11-15)17-5-8-23-21(25-17)24-16-6-10-30-13-16/h2-5,8,11-12,16,29H,6-7,9-10,13H2,1H3,(H,23,24,25). The number of carbonyl (C=O) groups excluding carboxylic acids is 1. The lowest BCUT2D eigenvalue weighted by molar-refractivity contribution is -0.144. The molecule has 2 N–H and O–H groups in total. The third-order valence-electron chi connectivity index (χ3n) is 5.80. The van der Waals surface area contributed by atoms with Crippen molar-refractivity contribution >= 4 is 11.9 Å². The van der Waals surface area contributed by atoms with Gasteiger partial charge in [0, 0.05) is 50.0 Å². The van der Waals surface area contributed by atoms with Gasteiger partial charge in [0.2, 0.25) is 11.5 Å². The molecule has 0 bridgehead atoms. The molecular formula is C22H23N5O4. The summed E-state index contributed by atoms with van der Waals surface area (Å²) in [6.07, 6.45) is 2.93. The van der Waals surface area contributed by atoms with Gasteiger partial charge in [0.1, 0.15) is 5.69 Å². The van der Waals surface area contributed by atoms with Crippen LogP contribution in [0.3, 0.4) is 0 Å². The van der Waals surface area contributed by atoms with Gasteiger partial charge in [-0.25, -0.2) is 9.97 Å². The van der Waals surface area contributed by atoms with Crippen molar-refractivity contribution in [1.82, 2.24) is 20.0 Å². The van der Waals surface area contributed by atoms with Gasteiger partial charge in [-0.1, -0.05) is 23.4 Å². The first-order chi connectivity index (χ1) is 15.0. The number of anilines is 1. The number of nitrogens with one attached hydrogen (secondary N) is 1. The molecule has 0 radical (unpaired) electrons. The molecule has 31 heavy (non-hydrogen) atoms. The Kier molecular flexibility index (Phi) is 4.91. The number of amides is 1. The second kappa shape index (κ2) is 7.75. The molecule has 2 aliphatic rings. The maximum absolute atomic E-state index is 12.3. The molecule has 2 fully saturated rings. The van der Waals surface area contributed by atoms with Crippen LogP contribution in [-0.2, 0) is 15.1 Å². The average Bonchev–Trinajstić information content (AvgIpc) is 3.54. The number of ether oxygens (including phenoxy) is 1. The minimum atomic E-state index is -1.66. The second-order valence-corrected chi connectivity index (χ2v) is 7.96. The van der Waals surface area contributed by atoms with E-state index in [1.807, 2.05) is 30.3 Å². The molecule has 2 aliphatic heterocycles. The number of rotatable bonds is 5. The van der Waals surface area contributed by atoms with Gasteiger partial charge in [-0.3, -0.25) is 4.79 Å². The molecular weight excluding hydrogens is 398 g/mol. The predicted octanol–water partition coefficient (Wildman–Crippen LogP) is 2.05. The van der Waals surface area contributed by atoms with E-state index >= 15 is 0 Å². The number of benzene rings is 1. The lowest BCUT2D eigenvalue weighted by Gasteiger charge is -2.16. The molecule has 5 rings (SSSR count). The molecule has 2 unspecified atom stereocenters. The molecule has 160 valence electrons. The Bertz CT molecular complexity index is 1110. The summed E-state index contributed by atoms with van der Waals surface area (Å²) in [4.78, 5) is 22.8. The summed E-state index contributed by atoms with van der Waals surface area (Å²) >= 11 is 0. The fraction of sp³-hybridized carbons (Fsp3) is 0.364. The molecule has 9 nitrogen and oxygen atoms in total. The first-order valence-corrected chi connectivity index (χ1v) is 10.3. The molecule has 0 spiro atoms. The highest BCUT2D eigenvalue weighted by Gasteiger charge is 2.48. The molecule has 2 saturated heterocycles. The van der Waals surface area contributed by atoms with Crippen LogP contribution in [0, 0.1) is 0 Å². The molecule has 9 heteroatoms. The quantitative estimate of drug-likeness (QED) is 0.644. The van der Waals surface area contributed by atoms with Crippen molar-refractivity contribution in [3.05, 3.63) is 48.4 Å². The van der Waals surface area contributed by atoms with Crippen LogP contribution < -0.4 is 5.32 Å². The maximum Gasteiger partial charge on any atom is 0.262 e. The molecule has 0 aliphatic carbocycles. The van der Waals surface area contributed by atoms with Gasteiger partial charge in [0.15, 0.2) is 5.76 Å². The zero-order valence-corrected chi connectivity index (χ0v) is 17.1. The number of likely N-dealkylation sites (tertiary alicyclic amines) is 1. The van der Waals surface area contributed by atoms with E-state index in [9.17, 15) is 9.90 Å². The number of hydrogen-bond donors (Lipinski definition) is 2. The SMILES string of the molecule is CN1CCC(O)(c2cc(-c3cccc(-c4ccnc(NC5CCOC5)n4)c3)no2)C1=O. The smallest absolute Gasteiger partial charge is 0.262 e. The van der Waals surface area contributed by atoms with Crippen LogP contribution in [0.5, 0.6) is 0 Å². The molecule has 3 aromatic rings. The molecule has 0 saturated carbocycles. The fourth-order valence-corrected chi connectivity index (χ4v) is 3.95. The van der Waals surface area contributed by atoms with Crippen molar-refractivity contribution in [2.45, 2.75) is 24.5 Å². The van der Waals surface area contributed by atoms with E-state index in [1.165, 1.54) is 4.90 Å². The summed E-state index contributed by atoms with van der Waals surface area (Å²) in [7, 11) is 1.66. The number of aliphatic hydroxyl groups is 1. The Morgan fingerprint density at radius 1 is 1.23 bits per heavy atom. The Labute approximate surface area is 179 Å². The topological polar surface area (TPSA) is 114 Å². The summed E-state index contributed by atoms with van der Waals surface area (Å²) in [5.74, 6) is 0.348. The van der Waals surface area contributed by atoms with E-state index in [0.717, 1.165) is 29.8 Å². The van der Waals surface area contributed by atoms with E-state index in [-0.39, 0.29) is 24.1 Å². The highest BCUT2D eigenvalue weighted by atomic mass is 16.5. The van der Waals surface area contributed by atoms with E-state index < -0.39 is 5.60 Å². The lowest BCUT2D eigenvalue weighted by Crippen LogP contribution is -2.35. The largest absolute Gasteiger partial charge is 0.379 e. The Balaban J connectivity index is 1.40. The summed E-state index contributed by atoms with van der Waals surface area (Å²) in [5, 5.41) is 18.2. The Hall–Kier alpha value is -3.30. The Morgan fingerprint density at radius 3 is 2.81 bits per heavy atom. The van der Waals surface area contributed by atoms with Crippen molar-refractivity contribution in [1.29, 1.82) is 0 Å². The summed E-state index contributed by atoms with van der Waals surface area (Å²) < 4.78 is 10.8. The van der Waals surface area contributed by atoms with Crippen molar-refractivity contribution in [2.24, 2.45) is 0 Å². The highest BCUT2D eigenvalue weighted by Crippen LogP contribution is 2.35.